The molecule has 2 saturated heterocycles. The summed E-state index contributed by atoms with van der Waals surface area (Å²) in [5, 5.41) is 11.2. The molecular formula is C35H39F2N7O3. The maximum Gasteiger partial charge on any atom is 0.318 e. The van der Waals surface area contributed by atoms with Gasteiger partial charge in [0, 0.05) is 61.5 Å². The van der Waals surface area contributed by atoms with Gasteiger partial charge < -0.3 is 24.2 Å². The zero-order valence-corrected chi connectivity index (χ0v) is 26.4. The smallest absolute Gasteiger partial charge is 0.318 e. The third-order valence-electron chi connectivity index (χ3n) is 10.0. The number of anilines is 2. The fraction of sp³-hybridized carbons (Fsp3) is 0.486. The number of hydrogen-bond acceptors (Lipinski definition) is 9. The number of alkyl halides is 2. The average Bonchev–Trinajstić information content (AvgIpc) is 3.91. The Bertz CT molecular complexity index is 1700. The molecule has 7 rings (SSSR count). The van der Waals surface area contributed by atoms with Gasteiger partial charge in [0.15, 0.2) is 0 Å². The van der Waals surface area contributed by atoms with Crippen LogP contribution in [0.15, 0.2) is 49.1 Å². The number of rotatable bonds is 9. The predicted molar refractivity (Wildman–Crippen MR) is 174 cm³/mol. The van der Waals surface area contributed by atoms with Crippen LogP contribution in [0.3, 0.4) is 0 Å². The molecule has 4 heterocycles. The number of carbonyl (C=O) groups excluding carboxylic acids is 1. The molecule has 10 nitrogen and oxygen atoms in total. The minimum Gasteiger partial charge on any atom is -0.461 e. The van der Waals surface area contributed by atoms with Crippen molar-refractivity contribution < 1.29 is 23.0 Å². The molecule has 3 fully saturated rings. The lowest BCUT2D eigenvalue weighted by Gasteiger charge is -2.42. The number of aromatic nitrogens is 2. The SMILES string of the molecule is C=CC(=O)N1CCN(c2nc(OCC3(N4CCOCC4)CC3)nc3c2CCN(c2cc(C(F)F)cc4ccccc24)C3)C[C@@H]1CC#N. The van der Waals surface area contributed by atoms with Crippen LogP contribution in [-0.4, -0.2) is 96.3 Å². The van der Waals surface area contributed by atoms with Crippen molar-refractivity contribution in [3.8, 4) is 12.1 Å². The van der Waals surface area contributed by atoms with Crippen LogP contribution in [0.5, 0.6) is 6.01 Å². The number of nitriles is 1. The normalized spacial score (nSPS) is 21.0. The number of piperazine rings is 1. The van der Waals surface area contributed by atoms with Gasteiger partial charge in [-0.2, -0.15) is 15.2 Å². The zero-order valence-electron chi connectivity index (χ0n) is 26.4. The van der Waals surface area contributed by atoms with E-state index in [1.807, 2.05) is 24.3 Å². The van der Waals surface area contributed by atoms with Crippen molar-refractivity contribution in [2.75, 3.05) is 68.9 Å². The number of morpholine rings is 1. The average molecular weight is 644 g/mol. The molecule has 4 aliphatic rings. The van der Waals surface area contributed by atoms with Crippen molar-refractivity contribution in [1.82, 2.24) is 19.8 Å². The van der Waals surface area contributed by atoms with E-state index in [0.717, 1.165) is 59.5 Å². The second-order valence-electron chi connectivity index (χ2n) is 12.8. The lowest BCUT2D eigenvalue weighted by atomic mass is 9.99. The van der Waals surface area contributed by atoms with E-state index in [4.69, 9.17) is 19.4 Å². The summed E-state index contributed by atoms with van der Waals surface area (Å²) in [6, 6.07) is 13.0. The van der Waals surface area contributed by atoms with Gasteiger partial charge in [-0.05, 0) is 42.9 Å². The monoisotopic (exact) mass is 643 g/mol. The molecule has 1 aromatic heterocycles. The number of halogens is 2. The first kappa shape index (κ1) is 31.3. The summed E-state index contributed by atoms with van der Waals surface area (Å²) in [6.45, 7) is 9.68. The highest BCUT2D eigenvalue weighted by Crippen LogP contribution is 2.43. The first-order valence-corrected chi connectivity index (χ1v) is 16.4. The third-order valence-corrected chi connectivity index (χ3v) is 10.0. The van der Waals surface area contributed by atoms with E-state index in [0.29, 0.717) is 59.0 Å². The minimum absolute atomic E-state index is 0.00906. The molecule has 47 heavy (non-hydrogen) atoms. The second-order valence-corrected chi connectivity index (χ2v) is 12.8. The van der Waals surface area contributed by atoms with Gasteiger partial charge in [0.25, 0.3) is 6.43 Å². The Labute approximate surface area is 273 Å². The summed E-state index contributed by atoms with van der Waals surface area (Å²) in [6.07, 6.45) is 1.59. The first-order valence-electron chi connectivity index (χ1n) is 16.4. The summed E-state index contributed by atoms with van der Waals surface area (Å²) in [5.41, 5.74) is 2.47. The lowest BCUT2D eigenvalue weighted by molar-refractivity contribution is -0.128. The van der Waals surface area contributed by atoms with E-state index in [9.17, 15) is 18.8 Å². The van der Waals surface area contributed by atoms with Gasteiger partial charge in [0.1, 0.15) is 12.4 Å². The van der Waals surface area contributed by atoms with Gasteiger partial charge in [0.2, 0.25) is 5.91 Å². The highest BCUT2D eigenvalue weighted by Gasteiger charge is 2.49. The number of amides is 1. The quantitative estimate of drug-likeness (QED) is 0.313. The standard InChI is InChI=1S/C35H39F2N7O3/c1-2-31(45)44-14-13-42(21-26(44)7-11-38)33-28-8-12-41(30-20-25(32(36)37)19-24-5-3-4-6-27(24)30)22-29(28)39-34(40-33)47-23-35(9-10-35)43-15-17-46-18-16-43/h2-6,19-20,26,32H,1,7-10,12-18,21-23H2/t26-/m0/s1. The topological polar surface area (TPSA) is 98.1 Å². The van der Waals surface area contributed by atoms with Crippen LogP contribution >= 0.6 is 0 Å². The Kier molecular flexibility index (Phi) is 8.68. The first-order chi connectivity index (χ1) is 22.9. The lowest BCUT2D eigenvalue weighted by Crippen LogP contribution is -2.55. The van der Waals surface area contributed by atoms with E-state index >= 15 is 0 Å². The molecule has 1 aliphatic carbocycles. The summed E-state index contributed by atoms with van der Waals surface area (Å²) < 4.78 is 39.9. The van der Waals surface area contributed by atoms with Gasteiger partial charge in [-0.1, -0.05) is 30.8 Å². The van der Waals surface area contributed by atoms with Crippen LogP contribution in [0.25, 0.3) is 10.8 Å². The molecule has 3 aromatic rings. The molecule has 1 amide bonds. The number of nitrogens with zero attached hydrogens (tertiary/aromatic N) is 7. The highest BCUT2D eigenvalue weighted by molar-refractivity contribution is 5.95. The third kappa shape index (κ3) is 6.22. The zero-order chi connectivity index (χ0) is 32.5. The van der Waals surface area contributed by atoms with Crippen molar-refractivity contribution in [3.63, 3.8) is 0 Å². The number of benzene rings is 2. The van der Waals surface area contributed by atoms with Crippen LogP contribution in [-0.2, 0) is 22.5 Å². The minimum atomic E-state index is -2.58. The molecule has 2 aromatic carbocycles. The Morgan fingerprint density at radius 2 is 1.94 bits per heavy atom. The molecule has 0 unspecified atom stereocenters. The molecule has 0 N–H and O–H groups in total. The molecule has 1 atom stereocenters. The summed E-state index contributed by atoms with van der Waals surface area (Å²) >= 11 is 0. The van der Waals surface area contributed by atoms with Crippen LogP contribution < -0.4 is 14.5 Å². The van der Waals surface area contributed by atoms with Crippen LogP contribution in [0.4, 0.5) is 20.3 Å². The van der Waals surface area contributed by atoms with E-state index in [2.05, 4.69) is 27.3 Å². The van der Waals surface area contributed by atoms with Crippen molar-refractivity contribution in [2.24, 2.45) is 0 Å². The molecular weight excluding hydrogens is 604 g/mol. The number of ether oxygens (including phenoxy) is 2. The summed E-state index contributed by atoms with van der Waals surface area (Å²) in [5.74, 6) is 0.561. The van der Waals surface area contributed by atoms with Gasteiger partial charge in [-0.25, -0.2) is 8.78 Å². The molecule has 12 heteroatoms. The van der Waals surface area contributed by atoms with Crippen LogP contribution in [0, 0.1) is 11.3 Å². The van der Waals surface area contributed by atoms with E-state index in [1.165, 1.54) is 6.08 Å². The van der Waals surface area contributed by atoms with Crippen LogP contribution in [0.2, 0.25) is 0 Å². The van der Waals surface area contributed by atoms with Crippen molar-refractivity contribution in [1.29, 1.82) is 5.26 Å². The fourth-order valence-electron chi connectivity index (χ4n) is 7.29. The van der Waals surface area contributed by atoms with Gasteiger partial charge >= 0.3 is 6.01 Å². The molecule has 3 aliphatic heterocycles. The largest absolute Gasteiger partial charge is 0.461 e. The van der Waals surface area contributed by atoms with Gasteiger partial charge in [-0.15, -0.1) is 0 Å². The predicted octanol–water partition coefficient (Wildman–Crippen LogP) is 4.49. The Morgan fingerprint density at radius 1 is 1.13 bits per heavy atom. The molecule has 0 spiro atoms. The molecule has 0 radical (unpaired) electrons. The number of carbonyl (C=O) groups is 1. The second kappa shape index (κ2) is 13.0. The van der Waals surface area contributed by atoms with Gasteiger partial charge in [0.05, 0.1) is 49.5 Å². The van der Waals surface area contributed by atoms with Gasteiger partial charge in [-0.3, -0.25) is 9.69 Å². The fourth-order valence-corrected chi connectivity index (χ4v) is 7.29. The maximum atomic E-state index is 14.0. The summed E-state index contributed by atoms with van der Waals surface area (Å²) in [4.78, 5) is 30.9. The number of fused-ring (bicyclic) bond motifs is 2. The molecule has 1 saturated carbocycles. The van der Waals surface area contributed by atoms with Crippen molar-refractivity contribution in [3.05, 3.63) is 65.9 Å². The van der Waals surface area contributed by atoms with E-state index in [1.54, 1.807) is 17.0 Å². The van der Waals surface area contributed by atoms with Crippen LogP contribution in [0.1, 0.15) is 42.5 Å². The van der Waals surface area contributed by atoms with Crippen molar-refractivity contribution in [2.45, 2.75) is 50.2 Å². The Hall–Kier alpha value is -4.34. The summed E-state index contributed by atoms with van der Waals surface area (Å²) in [7, 11) is 0. The Balaban J connectivity index is 1.22. The van der Waals surface area contributed by atoms with E-state index < -0.39 is 6.43 Å². The number of hydrogen-bond donors (Lipinski definition) is 0. The highest BCUT2D eigenvalue weighted by atomic mass is 19.3. The molecule has 0 bridgehead atoms. The Morgan fingerprint density at radius 3 is 2.68 bits per heavy atom. The maximum absolute atomic E-state index is 14.0. The van der Waals surface area contributed by atoms with Crippen molar-refractivity contribution >= 4 is 28.2 Å². The molecule has 246 valence electrons. The van der Waals surface area contributed by atoms with E-state index in [-0.39, 0.29) is 35.5 Å².